The van der Waals surface area contributed by atoms with Gasteiger partial charge in [-0.1, -0.05) is 35.5 Å². The highest BCUT2D eigenvalue weighted by Gasteiger charge is 2.06. The SMILES string of the molecule is Cc1nc(CNc2cccc(CS(=O)c3ccccc3)c2)no1. The van der Waals surface area contributed by atoms with E-state index in [1.54, 1.807) is 6.92 Å². The molecule has 3 aromatic rings. The zero-order chi connectivity index (χ0) is 16.1. The Labute approximate surface area is 137 Å². The zero-order valence-electron chi connectivity index (χ0n) is 12.7. The third kappa shape index (κ3) is 4.26. The molecule has 0 saturated carbocycles. The van der Waals surface area contributed by atoms with Crippen molar-refractivity contribution in [3.8, 4) is 0 Å². The van der Waals surface area contributed by atoms with Gasteiger partial charge in [-0.05, 0) is 29.8 Å². The van der Waals surface area contributed by atoms with Crippen molar-refractivity contribution in [2.45, 2.75) is 24.1 Å². The molecule has 0 aliphatic heterocycles. The first-order valence-corrected chi connectivity index (χ1v) is 8.58. The third-order valence-electron chi connectivity index (χ3n) is 3.25. The van der Waals surface area contributed by atoms with Crippen molar-refractivity contribution in [1.29, 1.82) is 0 Å². The number of nitrogens with zero attached hydrogens (tertiary/aromatic N) is 2. The van der Waals surface area contributed by atoms with Crippen LogP contribution >= 0.6 is 0 Å². The van der Waals surface area contributed by atoms with Crippen molar-refractivity contribution < 1.29 is 8.73 Å². The standard InChI is InChI=1S/C17H17N3O2S/c1-13-19-17(20-22-13)11-18-15-7-5-6-14(10-15)12-23(21)16-8-3-2-4-9-16/h2-10,18H,11-12H2,1H3. The molecule has 2 aromatic carbocycles. The minimum Gasteiger partial charge on any atom is -0.378 e. The van der Waals surface area contributed by atoms with Gasteiger partial charge in [0.15, 0.2) is 5.82 Å². The lowest BCUT2D eigenvalue weighted by Gasteiger charge is -2.07. The first kappa shape index (κ1) is 15.4. The van der Waals surface area contributed by atoms with Crippen molar-refractivity contribution in [2.75, 3.05) is 5.32 Å². The van der Waals surface area contributed by atoms with Crippen LogP contribution in [0.5, 0.6) is 0 Å². The Kier molecular flexibility index (Phi) is 4.83. The largest absolute Gasteiger partial charge is 0.378 e. The van der Waals surface area contributed by atoms with Gasteiger partial charge >= 0.3 is 0 Å². The number of anilines is 1. The van der Waals surface area contributed by atoms with E-state index in [0.29, 0.717) is 24.0 Å². The quantitative estimate of drug-likeness (QED) is 0.752. The van der Waals surface area contributed by atoms with Crippen molar-refractivity contribution in [1.82, 2.24) is 10.1 Å². The van der Waals surface area contributed by atoms with Crippen molar-refractivity contribution in [3.63, 3.8) is 0 Å². The molecule has 1 heterocycles. The molecule has 0 bridgehead atoms. The fraction of sp³-hybridized carbons (Fsp3) is 0.176. The first-order chi connectivity index (χ1) is 11.2. The molecule has 0 aliphatic rings. The summed E-state index contributed by atoms with van der Waals surface area (Å²) in [7, 11) is -1.05. The van der Waals surface area contributed by atoms with Gasteiger partial charge in [0.1, 0.15) is 0 Å². The van der Waals surface area contributed by atoms with Crippen molar-refractivity contribution in [3.05, 3.63) is 71.9 Å². The van der Waals surface area contributed by atoms with Gasteiger partial charge in [0.25, 0.3) is 0 Å². The molecule has 1 atom stereocenters. The molecule has 0 fully saturated rings. The Balaban J connectivity index is 1.64. The summed E-state index contributed by atoms with van der Waals surface area (Å²) in [6.07, 6.45) is 0. The normalized spacial score (nSPS) is 12.0. The molecule has 0 saturated heterocycles. The zero-order valence-corrected chi connectivity index (χ0v) is 13.5. The topological polar surface area (TPSA) is 68.0 Å². The van der Waals surface area contributed by atoms with E-state index in [1.807, 2.05) is 54.6 Å². The lowest BCUT2D eigenvalue weighted by molar-refractivity contribution is 0.388. The molecule has 0 spiro atoms. The van der Waals surface area contributed by atoms with E-state index in [9.17, 15) is 4.21 Å². The van der Waals surface area contributed by atoms with Gasteiger partial charge in [-0.25, -0.2) is 0 Å². The van der Waals surface area contributed by atoms with Crippen LogP contribution in [0.25, 0.3) is 0 Å². The summed E-state index contributed by atoms with van der Waals surface area (Å²) >= 11 is 0. The number of aryl methyl sites for hydroxylation is 1. The van der Waals surface area contributed by atoms with E-state index in [4.69, 9.17) is 4.52 Å². The Morgan fingerprint density at radius 2 is 1.96 bits per heavy atom. The summed E-state index contributed by atoms with van der Waals surface area (Å²) in [6.45, 7) is 2.25. The number of rotatable bonds is 6. The lowest BCUT2D eigenvalue weighted by Crippen LogP contribution is -2.02. The van der Waals surface area contributed by atoms with Crippen LogP contribution in [0.4, 0.5) is 5.69 Å². The van der Waals surface area contributed by atoms with Gasteiger partial charge in [-0.15, -0.1) is 0 Å². The summed E-state index contributed by atoms with van der Waals surface area (Å²) in [5.41, 5.74) is 1.96. The summed E-state index contributed by atoms with van der Waals surface area (Å²) in [5.74, 6) is 1.65. The van der Waals surface area contributed by atoms with Crippen LogP contribution < -0.4 is 5.32 Å². The summed E-state index contributed by atoms with van der Waals surface area (Å²) in [4.78, 5) is 4.99. The lowest BCUT2D eigenvalue weighted by atomic mass is 10.2. The van der Waals surface area contributed by atoms with Crippen LogP contribution in [0, 0.1) is 6.92 Å². The van der Waals surface area contributed by atoms with Gasteiger partial charge in [0, 0.05) is 17.5 Å². The molecule has 5 nitrogen and oxygen atoms in total. The predicted octanol–water partition coefficient (Wildman–Crippen LogP) is 3.30. The van der Waals surface area contributed by atoms with Crippen LogP contribution in [0.1, 0.15) is 17.3 Å². The second kappa shape index (κ2) is 7.19. The highest BCUT2D eigenvalue weighted by atomic mass is 32.2. The third-order valence-corrected chi connectivity index (χ3v) is 4.64. The average Bonchev–Trinajstić information content (AvgIpc) is 3.00. The smallest absolute Gasteiger partial charge is 0.223 e. The van der Waals surface area contributed by atoms with Crippen molar-refractivity contribution in [2.24, 2.45) is 0 Å². The van der Waals surface area contributed by atoms with Gasteiger partial charge in [-0.3, -0.25) is 4.21 Å². The molecule has 3 rings (SSSR count). The number of nitrogens with one attached hydrogen (secondary N) is 1. The van der Waals surface area contributed by atoms with Crippen molar-refractivity contribution >= 4 is 16.5 Å². The van der Waals surface area contributed by atoms with Crippen LogP contribution in [0.15, 0.2) is 64.0 Å². The molecule has 0 aliphatic carbocycles. The fourth-order valence-electron chi connectivity index (χ4n) is 2.17. The summed E-state index contributed by atoms with van der Waals surface area (Å²) < 4.78 is 17.3. The minimum atomic E-state index is -1.05. The Bertz CT molecular complexity index is 802. The number of hydrogen-bond donors (Lipinski definition) is 1. The summed E-state index contributed by atoms with van der Waals surface area (Å²) in [6, 6.07) is 17.4. The average molecular weight is 327 g/mol. The molecule has 0 amide bonds. The molecular formula is C17H17N3O2S. The molecular weight excluding hydrogens is 310 g/mol. The van der Waals surface area contributed by atoms with Gasteiger partial charge in [0.2, 0.25) is 5.89 Å². The highest BCUT2D eigenvalue weighted by molar-refractivity contribution is 7.84. The monoisotopic (exact) mass is 327 g/mol. The Morgan fingerprint density at radius 1 is 1.13 bits per heavy atom. The van der Waals surface area contributed by atoms with Crippen LogP contribution in [0.2, 0.25) is 0 Å². The van der Waals surface area contributed by atoms with Gasteiger partial charge in [-0.2, -0.15) is 4.98 Å². The predicted molar refractivity (Wildman–Crippen MR) is 89.4 cm³/mol. The Hall–Kier alpha value is -2.47. The second-order valence-corrected chi connectivity index (χ2v) is 6.54. The van der Waals surface area contributed by atoms with E-state index in [2.05, 4.69) is 15.5 Å². The maximum atomic E-state index is 12.4. The van der Waals surface area contributed by atoms with E-state index in [-0.39, 0.29) is 0 Å². The second-order valence-electron chi connectivity index (χ2n) is 5.09. The van der Waals surface area contributed by atoms with E-state index >= 15 is 0 Å². The maximum Gasteiger partial charge on any atom is 0.223 e. The fourth-order valence-corrected chi connectivity index (χ4v) is 3.28. The molecule has 1 N–H and O–H groups in total. The molecule has 0 radical (unpaired) electrons. The van der Waals surface area contributed by atoms with Gasteiger partial charge in [0.05, 0.1) is 23.1 Å². The molecule has 1 unspecified atom stereocenters. The van der Waals surface area contributed by atoms with E-state index in [1.165, 1.54) is 0 Å². The van der Waals surface area contributed by atoms with E-state index < -0.39 is 10.8 Å². The molecule has 1 aromatic heterocycles. The Morgan fingerprint density at radius 3 is 2.70 bits per heavy atom. The number of benzene rings is 2. The number of aromatic nitrogens is 2. The molecule has 6 heteroatoms. The molecule has 23 heavy (non-hydrogen) atoms. The van der Waals surface area contributed by atoms with Crippen LogP contribution in [-0.2, 0) is 23.1 Å². The van der Waals surface area contributed by atoms with Gasteiger partial charge < -0.3 is 9.84 Å². The minimum absolute atomic E-state index is 0.487. The highest BCUT2D eigenvalue weighted by Crippen LogP contribution is 2.16. The molecule has 118 valence electrons. The summed E-state index contributed by atoms with van der Waals surface area (Å²) in [5, 5.41) is 7.09. The first-order valence-electron chi connectivity index (χ1n) is 7.26. The van der Waals surface area contributed by atoms with Crippen LogP contribution in [0.3, 0.4) is 0 Å². The van der Waals surface area contributed by atoms with Crippen LogP contribution in [-0.4, -0.2) is 14.3 Å². The maximum absolute atomic E-state index is 12.4. The van der Waals surface area contributed by atoms with E-state index in [0.717, 1.165) is 16.1 Å². The number of hydrogen-bond acceptors (Lipinski definition) is 5.